The Morgan fingerprint density at radius 3 is 2.72 bits per heavy atom. The SMILES string of the molecule is COc1ccc(Cl)cc1C(=O)NCc1sc(-c2ccccc2)nc1C. The van der Waals surface area contributed by atoms with Crippen molar-refractivity contribution < 1.29 is 9.53 Å². The Morgan fingerprint density at radius 2 is 2.00 bits per heavy atom. The standard InChI is InChI=1S/C19H17ClN2O2S/c1-12-17(25-19(22-12)13-6-4-3-5-7-13)11-21-18(23)15-10-14(20)8-9-16(15)24-2/h3-10H,11H2,1-2H3,(H,21,23). The second-order valence-corrected chi connectivity index (χ2v) is 6.94. The van der Waals surface area contributed by atoms with Crippen LogP contribution in [0, 0.1) is 6.92 Å². The van der Waals surface area contributed by atoms with E-state index < -0.39 is 0 Å². The molecule has 3 aromatic rings. The molecule has 6 heteroatoms. The first-order valence-corrected chi connectivity index (χ1v) is 8.91. The average Bonchev–Trinajstić information content (AvgIpc) is 3.01. The summed E-state index contributed by atoms with van der Waals surface area (Å²) < 4.78 is 5.23. The second kappa shape index (κ2) is 7.68. The summed E-state index contributed by atoms with van der Waals surface area (Å²) in [7, 11) is 1.53. The lowest BCUT2D eigenvalue weighted by Crippen LogP contribution is -2.23. The molecular formula is C19H17ClN2O2S. The summed E-state index contributed by atoms with van der Waals surface area (Å²) in [5.41, 5.74) is 2.41. The van der Waals surface area contributed by atoms with E-state index in [4.69, 9.17) is 16.3 Å². The van der Waals surface area contributed by atoms with Gasteiger partial charge in [0.15, 0.2) is 0 Å². The molecule has 0 aliphatic carbocycles. The summed E-state index contributed by atoms with van der Waals surface area (Å²) in [4.78, 5) is 18.1. The highest BCUT2D eigenvalue weighted by atomic mass is 35.5. The first-order chi connectivity index (χ1) is 12.1. The van der Waals surface area contributed by atoms with Crippen molar-refractivity contribution in [3.63, 3.8) is 0 Å². The summed E-state index contributed by atoms with van der Waals surface area (Å²) in [5.74, 6) is 0.265. The van der Waals surface area contributed by atoms with Crippen LogP contribution in [0.4, 0.5) is 0 Å². The molecule has 3 rings (SSSR count). The number of carbonyl (C=O) groups excluding carboxylic acids is 1. The van der Waals surface area contributed by atoms with Gasteiger partial charge in [0.05, 0.1) is 24.9 Å². The minimum absolute atomic E-state index is 0.228. The Bertz CT molecular complexity index is 894. The minimum Gasteiger partial charge on any atom is -0.496 e. The predicted molar refractivity (Wildman–Crippen MR) is 101 cm³/mol. The van der Waals surface area contributed by atoms with E-state index in [1.807, 2.05) is 37.3 Å². The van der Waals surface area contributed by atoms with Crippen molar-refractivity contribution in [2.24, 2.45) is 0 Å². The molecule has 0 saturated heterocycles. The largest absolute Gasteiger partial charge is 0.496 e. The number of carbonyl (C=O) groups is 1. The highest BCUT2D eigenvalue weighted by molar-refractivity contribution is 7.15. The van der Waals surface area contributed by atoms with Gasteiger partial charge in [-0.3, -0.25) is 4.79 Å². The number of methoxy groups -OCH3 is 1. The van der Waals surface area contributed by atoms with Crippen LogP contribution in [-0.4, -0.2) is 18.0 Å². The number of ether oxygens (including phenoxy) is 1. The molecule has 2 aromatic carbocycles. The number of nitrogens with zero attached hydrogens (tertiary/aromatic N) is 1. The van der Waals surface area contributed by atoms with Gasteiger partial charge >= 0.3 is 0 Å². The molecule has 0 atom stereocenters. The zero-order chi connectivity index (χ0) is 17.8. The maximum Gasteiger partial charge on any atom is 0.255 e. The highest BCUT2D eigenvalue weighted by Gasteiger charge is 2.15. The van der Waals surface area contributed by atoms with Crippen LogP contribution in [0.1, 0.15) is 20.9 Å². The predicted octanol–water partition coefficient (Wildman–Crippen LogP) is 4.71. The molecule has 0 unspecified atom stereocenters. The molecule has 25 heavy (non-hydrogen) atoms. The molecule has 4 nitrogen and oxygen atoms in total. The van der Waals surface area contributed by atoms with Gasteiger partial charge in [-0.15, -0.1) is 11.3 Å². The van der Waals surface area contributed by atoms with Crippen LogP contribution >= 0.6 is 22.9 Å². The Kier molecular flexibility index (Phi) is 5.36. The second-order valence-electron chi connectivity index (χ2n) is 5.42. The van der Waals surface area contributed by atoms with Crippen molar-refractivity contribution in [3.05, 3.63) is 69.7 Å². The fraction of sp³-hybridized carbons (Fsp3) is 0.158. The van der Waals surface area contributed by atoms with E-state index in [2.05, 4.69) is 10.3 Å². The number of benzene rings is 2. The van der Waals surface area contributed by atoms with E-state index in [-0.39, 0.29) is 5.91 Å². The number of thiazole rings is 1. The molecular weight excluding hydrogens is 356 g/mol. The third kappa shape index (κ3) is 4.00. The van der Waals surface area contributed by atoms with Crippen molar-refractivity contribution in [1.29, 1.82) is 0 Å². The lowest BCUT2D eigenvalue weighted by Gasteiger charge is -2.09. The molecule has 0 radical (unpaired) electrons. The third-order valence-electron chi connectivity index (χ3n) is 3.73. The third-order valence-corrected chi connectivity index (χ3v) is 5.17. The first-order valence-electron chi connectivity index (χ1n) is 7.72. The molecule has 0 bridgehead atoms. The summed E-state index contributed by atoms with van der Waals surface area (Å²) in [5, 5.41) is 4.35. The molecule has 0 saturated carbocycles. The average molecular weight is 373 g/mol. The molecule has 0 fully saturated rings. The van der Waals surface area contributed by atoms with Crippen molar-refractivity contribution in [2.75, 3.05) is 7.11 Å². The number of aryl methyl sites for hydroxylation is 1. The summed E-state index contributed by atoms with van der Waals surface area (Å²) in [6, 6.07) is 15.0. The zero-order valence-electron chi connectivity index (χ0n) is 13.9. The molecule has 128 valence electrons. The van der Waals surface area contributed by atoms with Gasteiger partial charge < -0.3 is 10.1 Å². The van der Waals surface area contributed by atoms with E-state index in [9.17, 15) is 4.79 Å². The van der Waals surface area contributed by atoms with Crippen molar-refractivity contribution >= 4 is 28.8 Å². The fourth-order valence-corrected chi connectivity index (χ4v) is 3.59. The van der Waals surface area contributed by atoms with Crippen LogP contribution < -0.4 is 10.1 Å². The van der Waals surface area contributed by atoms with Gasteiger partial charge in [0.25, 0.3) is 5.91 Å². The lowest BCUT2D eigenvalue weighted by molar-refractivity contribution is 0.0948. The lowest BCUT2D eigenvalue weighted by atomic mass is 10.2. The van der Waals surface area contributed by atoms with Crippen LogP contribution in [-0.2, 0) is 6.54 Å². The number of nitrogens with one attached hydrogen (secondary N) is 1. The number of hydrogen-bond donors (Lipinski definition) is 1. The Hall–Kier alpha value is -2.37. The maximum absolute atomic E-state index is 12.5. The Labute approximate surface area is 155 Å². The number of halogens is 1. The van der Waals surface area contributed by atoms with E-state index >= 15 is 0 Å². The van der Waals surface area contributed by atoms with E-state index in [0.29, 0.717) is 22.9 Å². The quantitative estimate of drug-likeness (QED) is 0.705. The monoisotopic (exact) mass is 372 g/mol. The molecule has 0 aliphatic rings. The number of aromatic nitrogens is 1. The zero-order valence-corrected chi connectivity index (χ0v) is 15.4. The van der Waals surface area contributed by atoms with Crippen LogP contribution in [0.25, 0.3) is 10.6 Å². The van der Waals surface area contributed by atoms with E-state index in [1.165, 1.54) is 7.11 Å². The van der Waals surface area contributed by atoms with Gasteiger partial charge in [-0.05, 0) is 25.1 Å². The van der Waals surface area contributed by atoms with Gasteiger partial charge in [-0.25, -0.2) is 4.98 Å². The summed E-state index contributed by atoms with van der Waals surface area (Å²) in [6.07, 6.45) is 0. The van der Waals surface area contributed by atoms with Crippen LogP contribution in [0.5, 0.6) is 5.75 Å². The number of rotatable bonds is 5. The van der Waals surface area contributed by atoms with E-state index in [0.717, 1.165) is 21.1 Å². The molecule has 0 spiro atoms. The van der Waals surface area contributed by atoms with Gasteiger partial charge in [-0.2, -0.15) is 0 Å². The van der Waals surface area contributed by atoms with Gasteiger partial charge in [0.2, 0.25) is 0 Å². The van der Waals surface area contributed by atoms with Crippen molar-refractivity contribution in [2.45, 2.75) is 13.5 Å². The summed E-state index contributed by atoms with van der Waals surface area (Å²) in [6.45, 7) is 2.36. The fourth-order valence-electron chi connectivity index (χ4n) is 2.41. The normalized spacial score (nSPS) is 10.5. The maximum atomic E-state index is 12.5. The van der Waals surface area contributed by atoms with Crippen LogP contribution in [0.15, 0.2) is 48.5 Å². The van der Waals surface area contributed by atoms with Gasteiger partial charge in [-0.1, -0.05) is 41.9 Å². The van der Waals surface area contributed by atoms with Crippen molar-refractivity contribution in [3.8, 4) is 16.3 Å². The smallest absolute Gasteiger partial charge is 0.255 e. The molecule has 1 heterocycles. The van der Waals surface area contributed by atoms with Gasteiger partial charge in [0, 0.05) is 15.5 Å². The number of amides is 1. The minimum atomic E-state index is -0.228. The Morgan fingerprint density at radius 1 is 1.24 bits per heavy atom. The number of hydrogen-bond acceptors (Lipinski definition) is 4. The molecule has 0 aliphatic heterocycles. The Balaban J connectivity index is 1.75. The highest BCUT2D eigenvalue weighted by Crippen LogP contribution is 2.28. The molecule has 1 aromatic heterocycles. The summed E-state index contributed by atoms with van der Waals surface area (Å²) >= 11 is 7.57. The first kappa shape index (κ1) is 17.5. The molecule has 1 amide bonds. The topological polar surface area (TPSA) is 51.2 Å². The van der Waals surface area contributed by atoms with Crippen molar-refractivity contribution in [1.82, 2.24) is 10.3 Å². The van der Waals surface area contributed by atoms with Gasteiger partial charge in [0.1, 0.15) is 10.8 Å². The van der Waals surface area contributed by atoms with E-state index in [1.54, 1.807) is 29.5 Å². The van der Waals surface area contributed by atoms with Crippen LogP contribution in [0.2, 0.25) is 5.02 Å². The molecule has 1 N–H and O–H groups in total. The van der Waals surface area contributed by atoms with Crippen LogP contribution in [0.3, 0.4) is 0 Å².